The average Bonchev–Trinajstić information content (AvgIpc) is 2.15. The summed E-state index contributed by atoms with van der Waals surface area (Å²) >= 11 is 0. The van der Waals surface area contributed by atoms with E-state index >= 15 is 0 Å². The van der Waals surface area contributed by atoms with Crippen molar-refractivity contribution in [3.8, 4) is 0 Å². The predicted octanol–water partition coefficient (Wildman–Crippen LogP) is 2.78. The maximum Gasteiger partial charge on any atom is 0.0469 e. The van der Waals surface area contributed by atoms with Gasteiger partial charge in [-0.15, -0.1) is 0 Å². The number of benzene rings is 1. The first-order chi connectivity index (χ1) is 6.34. The molecule has 1 radical (unpaired) electrons. The highest BCUT2D eigenvalue weighted by Crippen LogP contribution is 2.09. The van der Waals surface area contributed by atoms with E-state index in [0.717, 1.165) is 19.4 Å². The SMILES string of the molecule is [CH2]COCCCc1ccccc1C. The fourth-order valence-electron chi connectivity index (χ4n) is 1.36. The van der Waals surface area contributed by atoms with Gasteiger partial charge in [0.15, 0.2) is 0 Å². The Morgan fingerprint density at radius 2 is 2.08 bits per heavy atom. The third-order valence-corrected chi connectivity index (χ3v) is 2.14. The van der Waals surface area contributed by atoms with Crippen molar-refractivity contribution in [3.05, 3.63) is 42.3 Å². The molecular formula is C12H17O. The Bertz CT molecular complexity index is 243. The van der Waals surface area contributed by atoms with E-state index < -0.39 is 0 Å². The molecule has 0 aliphatic rings. The van der Waals surface area contributed by atoms with Gasteiger partial charge >= 0.3 is 0 Å². The topological polar surface area (TPSA) is 9.23 Å². The molecule has 0 heterocycles. The van der Waals surface area contributed by atoms with Crippen molar-refractivity contribution in [1.29, 1.82) is 0 Å². The van der Waals surface area contributed by atoms with E-state index in [9.17, 15) is 0 Å². The Morgan fingerprint density at radius 1 is 1.31 bits per heavy atom. The van der Waals surface area contributed by atoms with Crippen LogP contribution in [0.2, 0.25) is 0 Å². The smallest absolute Gasteiger partial charge is 0.0469 e. The van der Waals surface area contributed by atoms with Crippen molar-refractivity contribution in [2.75, 3.05) is 13.2 Å². The quantitative estimate of drug-likeness (QED) is 0.628. The summed E-state index contributed by atoms with van der Waals surface area (Å²) in [7, 11) is 0. The number of rotatable bonds is 5. The monoisotopic (exact) mass is 177 g/mol. The molecule has 1 aromatic rings. The van der Waals surface area contributed by atoms with Crippen LogP contribution in [0.4, 0.5) is 0 Å². The third-order valence-electron chi connectivity index (χ3n) is 2.14. The summed E-state index contributed by atoms with van der Waals surface area (Å²) in [5.74, 6) is 0. The molecule has 0 atom stereocenters. The third kappa shape index (κ3) is 3.60. The molecule has 1 nitrogen and oxygen atoms in total. The first-order valence-electron chi connectivity index (χ1n) is 4.76. The Labute approximate surface area is 80.7 Å². The highest BCUT2D eigenvalue weighted by atomic mass is 16.5. The molecule has 0 saturated carbocycles. The molecule has 1 heteroatoms. The number of ether oxygens (including phenoxy) is 1. The molecule has 0 aromatic heterocycles. The standard InChI is InChI=1S/C12H17O/c1-3-13-10-6-9-12-8-5-4-7-11(12)2/h4-5,7-8H,1,3,6,9-10H2,2H3. The Kier molecular flexibility index (Phi) is 4.55. The second-order valence-electron chi connectivity index (χ2n) is 3.14. The average molecular weight is 177 g/mol. The summed E-state index contributed by atoms with van der Waals surface area (Å²) < 4.78 is 5.18. The van der Waals surface area contributed by atoms with Crippen molar-refractivity contribution in [1.82, 2.24) is 0 Å². The Morgan fingerprint density at radius 3 is 2.77 bits per heavy atom. The van der Waals surface area contributed by atoms with Crippen LogP contribution in [-0.2, 0) is 11.2 Å². The zero-order chi connectivity index (χ0) is 9.52. The normalized spacial score (nSPS) is 10.3. The van der Waals surface area contributed by atoms with E-state index in [-0.39, 0.29) is 0 Å². The van der Waals surface area contributed by atoms with E-state index in [1.54, 1.807) is 0 Å². The van der Waals surface area contributed by atoms with Gasteiger partial charge in [0.1, 0.15) is 0 Å². The van der Waals surface area contributed by atoms with E-state index in [2.05, 4.69) is 38.1 Å². The van der Waals surface area contributed by atoms with E-state index in [1.165, 1.54) is 11.1 Å². The number of hydrogen-bond donors (Lipinski definition) is 0. The van der Waals surface area contributed by atoms with Crippen LogP contribution in [-0.4, -0.2) is 13.2 Å². The van der Waals surface area contributed by atoms with Gasteiger partial charge in [-0.05, 0) is 37.8 Å². The van der Waals surface area contributed by atoms with Crippen LogP contribution in [0.1, 0.15) is 17.5 Å². The molecule has 0 unspecified atom stereocenters. The van der Waals surface area contributed by atoms with Gasteiger partial charge in [-0.25, -0.2) is 0 Å². The highest BCUT2D eigenvalue weighted by molar-refractivity contribution is 5.25. The minimum absolute atomic E-state index is 0.577. The lowest BCUT2D eigenvalue weighted by Gasteiger charge is -2.04. The van der Waals surface area contributed by atoms with Gasteiger partial charge in [0.2, 0.25) is 0 Å². The minimum Gasteiger partial charge on any atom is -0.381 e. The molecule has 0 saturated heterocycles. The van der Waals surface area contributed by atoms with Gasteiger partial charge in [0.25, 0.3) is 0 Å². The lowest BCUT2D eigenvalue weighted by molar-refractivity contribution is 0.158. The van der Waals surface area contributed by atoms with Crippen molar-refractivity contribution in [2.24, 2.45) is 0 Å². The molecule has 0 N–H and O–H groups in total. The van der Waals surface area contributed by atoms with E-state index in [1.807, 2.05) is 0 Å². The first-order valence-corrected chi connectivity index (χ1v) is 4.76. The second kappa shape index (κ2) is 5.76. The zero-order valence-electron chi connectivity index (χ0n) is 8.25. The maximum atomic E-state index is 5.18. The van der Waals surface area contributed by atoms with Crippen molar-refractivity contribution in [3.63, 3.8) is 0 Å². The van der Waals surface area contributed by atoms with Gasteiger partial charge in [-0.2, -0.15) is 0 Å². The number of hydrogen-bond acceptors (Lipinski definition) is 1. The van der Waals surface area contributed by atoms with Gasteiger partial charge in [-0.3, -0.25) is 0 Å². The zero-order valence-corrected chi connectivity index (χ0v) is 8.25. The van der Waals surface area contributed by atoms with Crippen LogP contribution in [0.3, 0.4) is 0 Å². The summed E-state index contributed by atoms with van der Waals surface area (Å²) in [6, 6.07) is 8.49. The predicted molar refractivity (Wildman–Crippen MR) is 55.7 cm³/mol. The molecular weight excluding hydrogens is 160 g/mol. The first kappa shape index (κ1) is 10.3. The molecule has 71 valence electrons. The molecule has 1 rings (SSSR count). The second-order valence-corrected chi connectivity index (χ2v) is 3.14. The summed E-state index contributed by atoms with van der Waals surface area (Å²) in [4.78, 5) is 0. The van der Waals surface area contributed by atoms with Crippen LogP contribution in [0.15, 0.2) is 24.3 Å². The largest absolute Gasteiger partial charge is 0.381 e. The molecule has 0 spiro atoms. The van der Waals surface area contributed by atoms with Gasteiger partial charge < -0.3 is 4.74 Å². The lowest BCUT2D eigenvalue weighted by atomic mass is 10.0. The summed E-state index contributed by atoms with van der Waals surface area (Å²) in [5.41, 5.74) is 2.80. The van der Waals surface area contributed by atoms with Gasteiger partial charge in [0, 0.05) is 13.2 Å². The van der Waals surface area contributed by atoms with Crippen LogP contribution in [0, 0.1) is 13.8 Å². The molecule has 0 bridgehead atoms. The molecule has 0 fully saturated rings. The Hall–Kier alpha value is -0.820. The Balaban J connectivity index is 2.32. The maximum absolute atomic E-state index is 5.18. The van der Waals surface area contributed by atoms with E-state index in [0.29, 0.717) is 6.61 Å². The fourth-order valence-corrected chi connectivity index (χ4v) is 1.36. The lowest BCUT2D eigenvalue weighted by Crippen LogP contribution is -1.97. The van der Waals surface area contributed by atoms with Crippen LogP contribution in [0.5, 0.6) is 0 Å². The summed E-state index contributed by atoms with van der Waals surface area (Å²) in [5, 5.41) is 0. The summed E-state index contributed by atoms with van der Waals surface area (Å²) in [6.45, 7) is 7.17. The van der Waals surface area contributed by atoms with Crippen molar-refractivity contribution < 1.29 is 4.74 Å². The molecule has 0 amide bonds. The van der Waals surface area contributed by atoms with Crippen molar-refractivity contribution in [2.45, 2.75) is 19.8 Å². The van der Waals surface area contributed by atoms with Gasteiger partial charge in [-0.1, -0.05) is 24.3 Å². The number of aryl methyl sites for hydroxylation is 2. The minimum atomic E-state index is 0.577. The van der Waals surface area contributed by atoms with Gasteiger partial charge in [0.05, 0.1) is 0 Å². The highest BCUT2D eigenvalue weighted by Gasteiger charge is 1.95. The molecule has 1 aromatic carbocycles. The molecule has 0 aliphatic carbocycles. The van der Waals surface area contributed by atoms with E-state index in [4.69, 9.17) is 4.74 Å². The van der Waals surface area contributed by atoms with Crippen LogP contribution in [0.25, 0.3) is 0 Å². The fraction of sp³-hybridized carbons (Fsp3) is 0.417. The molecule has 0 aliphatic heterocycles. The van der Waals surface area contributed by atoms with Crippen LogP contribution >= 0.6 is 0 Å². The molecule has 13 heavy (non-hydrogen) atoms. The van der Waals surface area contributed by atoms with Crippen LogP contribution < -0.4 is 0 Å². The summed E-state index contributed by atoms with van der Waals surface area (Å²) in [6.07, 6.45) is 2.19. The van der Waals surface area contributed by atoms with Crippen molar-refractivity contribution >= 4 is 0 Å².